The molecule has 2 aliphatic rings. The van der Waals surface area contributed by atoms with Crippen LogP contribution in [0.15, 0.2) is 30.3 Å². The molecule has 0 amide bonds. The zero-order valence-corrected chi connectivity index (χ0v) is 22.0. The molecule has 0 atom stereocenters. The fourth-order valence-corrected chi connectivity index (χ4v) is 6.44. The van der Waals surface area contributed by atoms with Crippen molar-refractivity contribution in [2.75, 3.05) is 6.61 Å². The van der Waals surface area contributed by atoms with E-state index < -0.39 is 29.0 Å². The third kappa shape index (κ3) is 6.51. The van der Waals surface area contributed by atoms with Gasteiger partial charge in [-0.2, -0.15) is 5.26 Å². The van der Waals surface area contributed by atoms with Gasteiger partial charge in [0, 0.05) is 18.2 Å². The summed E-state index contributed by atoms with van der Waals surface area (Å²) < 4.78 is 53.8. The van der Waals surface area contributed by atoms with Crippen LogP contribution in [-0.4, -0.2) is 12.6 Å². The van der Waals surface area contributed by atoms with Crippen LogP contribution < -0.4 is 9.47 Å². The van der Waals surface area contributed by atoms with Crippen molar-refractivity contribution in [2.24, 2.45) is 17.3 Å². The molecular weight excluding hydrogens is 491 g/mol. The lowest BCUT2D eigenvalue weighted by Gasteiger charge is -2.47. The Morgan fingerprint density at radius 3 is 2.24 bits per heavy atom. The molecule has 0 unspecified atom stereocenters. The van der Waals surface area contributed by atoms with E-state index in [0.717, 1.165) is 43.0 Å². The van der Waals surface area contributed by atoms with Crippen molar-refractivity contribution in [3.8, 4) is 17.6 Å². The maximum Gasteiger partial charge on any atom is 0.349 e. The monoisotopic (exact) mass is 527 g/mol. The first-order chi connectivity index (χ1) is 18.3. The van der Waals surface area contributed by atoms with Crippen molar-refractivity contribution in [3.05, 3.63) is 58.9 Å². The van der Waals surface area contributed by atoms with Gasteiger partial charge >= 0.3 is 5.97 Å². The molecule has 2 aromatic rings. The number of esters is 1. The van der Waals surface area contributed by atoms with Crippen LogP contribution in [0.25, 0.3) is 0 Å². The first-order valence-electron chi connectivity index (χ1n) is 13.9. The molecule has 38 heavy (non-hydrogen) atoms. The van der Waals surface area contributed by atoms with Gasteiger partial charge in [0.2, 0.25) is 0 Å². The quantitative estimate of drug-likeness (QED) is 0.242. The largest absolute Gasteiger partial charge is 0.493 e. The molecule has 0 bridgehead atoms. The lowest BCUT2D eigenvalue weighted by atomic mass is 9.59. The molecule has 0 N–H and O–H groups in total. The number of unbranched alkanes of at least 4 members (excludes halogenated alkanes) is 1. The Hall–Kier alpha value is -3.01. The van der Waals surface area contributed by atoms with E-state index in [4.69, 9.17) is 14.7 Å². The fraction of sp³-hybridized carbons (Fsp3) is 0.548. The van der Waals surface area contributed by atoms with Crippen LogP contribution in [0.5, 0.6) is 11.5 Å². The number of carbonyl (C=O) groups excluding carboxylic acids is 1. The highest BCUT2D eigenvalue weighted by Crippen LogP contribution is 2.52. The van der Waals surface area contributed by atoms with E-state index in [1.807, 2.05) is 0 Å². The van der Waals surface area contributed by atoms with E-state index in [2.05, 4.69) is 6.92 Å². The van der Waals surface area contributed by atoms with Gasteiger partial charge in [-0.3, -0.25) is 0 Å². The third-order valence-electron chi connectivity index (χ3n) is 8.57. The molecule has 204 valence electrons. The number of hydrogen-bond acceptors (Lipinski definition) is 4. The summed E-state index contributed by atoms with van der Waals surface area (Å²) in [6.07, 6.45) is 15.1. The van der Waals surface area contributed by atoms with Crippen LogP contribution in [0.1, 0.15) is 99.9 Å². The molecule has 2 saturated carbocycles. The van der Waals surface area contributed by atoms with Crippen LogP contribution in [-0.2, 0) is 0 Å². The Morgan fingerprint density at radius 2 is 1.63 bits per heavy atom. The molecule has 0 aromatic heterocycles. The highest BCUT2D eigenvalue weighted by Gasteiger charge is 2.40. The third-order valence-corrected chi connectivity index (χ3v) is 8.57. The molecule has 0 saturated heterocycles. The molecule has 0 heterocycles. The maximum atomic E-state index is 14.7. The summed E-state index contributed by atoms with van der Waals surface area (Å²) in [5.41, 5.74) is -0.616. The summed E-state index contributed by atoms with van der Waals surface area (Å²) in [5, 5.41) is 8.79. The predicted molar refractivity (Wildman–Crippen MR) is 138 cm³/mol. The Bertz CT molecular complexity index is 1140. The molecule has 4 nitrogen and oxygen atoms in total. The SMILES string of the molecule is CCCCC1([C@H]2CC[C@H](COc3cc(F)c(C(=O)Oc4ccc(C#N)c(F)c4)c(F)c3)CC2)CCCCC1. The number of rotatable bonds is 9. The summed E-state index contributed by atoms with van der Waals surface area (Å²) >= 11 is 0. The summed E-state index contributed by atoms with van der Waals surface area (Å²) in [6.45, 7) is 2.64. The maximum absolute atomic E-state index is 14.7. The van der Waals surface area contributed by atoms with Gasteiger partial charge in [-0.1, -0.05) is 39.0 Å². The van der Waals surface area contributed by atoms with Gasteiger partial charge in [0.1, 0.15) is 40.6 Å². The molecule has 4 rings (SSSR count). The average molecular weight is 528 g/mol. The number of hydrogen-bond donors (Lipinski definition) is 0. The van der Waals surface area contributed by atoms with Crippen molar-refractivity contribution >= 4 is 5.97 Å². The van der Waals surface area contributed by atoms with Crippen molar-refractivity contribution < 1.29 is 27.4 Å². The zero-order valence-electron chi connectivity index (χ0n) is 22.0. The smallest absolute Gasteiger partial charge is 0.349 e. The summed E-state index contributed by atoms with van der Waals surface area (Å²) in [5.74, 6) is -3.56. The van der Waals surface area contributed by atoms with Crippen molar-refractivity contribution in [3.63, 3.8) is 0 Å². The number of nitriles is 1. The molecule has 0 radical (unpaired) electrons. The number of halogens is 3. The van der Waals surface area contributed by atoms with E-state index in [9.17, 15) is 18.0 Å². The molecule has 2 aromatic carbocycles. The number of benzene rings is 2. The van der Waals surface area contributed by atoms with E-state index >= 15 is 0 Å². The zero-order chi connectivity index (χ0) is 27.1. The van der Waals surface area contributed by atoms with Gasteiger partial charge in [0.25, 0.3) is 0 Å². The highest BCUT2D eigenvalue weighted by molar-refractivity contribution is 5.91. The second-order valence-electron chi connectivity index (χ2n) is 11.0. The van der Waals surface area contributed by atoms with Crippen molar-refractivity contribution in [2.45, 2.75) is 84.0 Å². The normalized spacial score (nSPS) is 20.9. The van der Waals surface area contributed by atoms with Gasteiger partial charge in [0.15, 0.2) is 0 Å². The van der Waals surface area contributed by atoms with Gasteiger partial charge in [-0.05, 0) is 74.3 Å². The number of carbonyl (C=O) groups is 1. The minimum Gasteiger partial charge on any atom is -0.493 e. The second kappa shape index (κ2) is 12.7. The molecule has 7 heteroatoms. The Labute approximate surface area is 223 Å². The Morgan fingerprint density at radius 1 is 0.974 bits per heavy atom. The molecule has 2 fully saturated rings. The lowest BCUT2D eigenvalue weighted by molar-refractivity contribution is 0.0373. The first-order valence-corrected chi connectivity index (χ1v) is 13.9. The standard InChI is InChI=1S/C31H36F3NO3/c1-2-3-13-31(14-5-4-6-15-31)23-10-7-21(8-11-23)20-37-25-17-27(33)29(28(34)18-25)30(36)38-24-12-9-22(19-35)26(32)16-24/h9,12,16-18,21,23H,2-8,10-11,13-15,20H2,1H3/t21-,23-. The van der Waals surface area contributed by atoms with Crippen LogP contribution in [0, 0.1) is 46.0 Å². The van der Waals surface area contributed by atoms with Crippen LogP contribution in [0.3, 0.4) is 0 Å². The topological polar surface area (TPSA) is 59.3 Å². The number of ether oxygens (including phenoxy) is 2. The minimum absolute atomic E-state index is 0.0230. The lowest BCUT2D eigenvalue weighted by Crippen LogP contribution is -2.36. The summed E-state index contributed by atoms with van der Waals surface area (Å²) in [4.78, 5) is 12.4. The van der Waals surface area contributed by atoms with Gasteiger partial charge in [-0.15, -0.1) is 0 Å². The summed E-state index contributed by atoms with van der Waals surface area (Å²) in [7, 11) is 0. The van der Waals surface area contributed by atoms with Crippen LogP contribution in [0.4, 0.5) is 13.2 Å². The van der Waals surface area contributed by atoms with Gasteiger partial charge in [-0.25, -0.2) is 18.0 Å². The minimum atomic E-state index is -1.30. The Kier molecular flexibility index (Phi) is 9.35. The van der Waals surface area contributed by atoms with E-state index in [1.54, 1.807) is 6.07 Å². The number of nitrogens with zero attached hydrogens (tertiary/aromatic N) is 1. The van der Waals surface area contributed by atoms with E-state index in [-0.39, 0.29) is 17.1 Å². The highest BCUT2D eigenvalue weighted by atomic mass is 19.1. The Balaban J connectivity index is 1.32. The van der Waals surface area contributed by atoms with Crippen LogP contribution >= 0.6 is 0 Å². The van der Waals surface area contributed by atoms with E-state index in [0.29, 0.717) is 17.9 Å². The first kappa shape index (κ1) is 28.0. The second-order valence-corrected chi connectivity index (χ2v) is 11.0. The molecule has 0 spiro atoms. The fourth-order valence-electron chi connectivity index (χ4n) is 6.44. The van der Waals surface area contributed by atoms with Gasteiger partial charge < -0.3 is 9.47 Å². The predicted octanol–water partition coefficient (Wildman–Crippen LogP) is 8.52. The molecule has 0 aliphatic heterocycles. The van der Waals surface area contributed by atoms with Crippen LogP contribution in [0.2, 0.25) is 0 Å². The van der Waals surface area contributed by atoms with E-state index in [1.165, 1.54) is 70.3 Å². The average Bonchev–Trinajstić information content (AvgIpc) is 2.91. The van der Waals surface area contributed by atoms with Gasteiger partial charge in [0.05, 0.1) is 12.2 Å². The van der Waals surface area contributed by atoms with Crippen molar-refractivity contribution in [1.82, 2.24) is 0 Å². The molecule has 2 aliphatic carbocycles. The van der Waals surface area contributed by atoms with Crippen molar-refractivity contribution in [1.29, 1.82) is 5.26 Å². The molecular formula is C31H36F3NO3. The summed E-state index contributed by atoms with van der Waals surface area (Å²) in [6, 6.07) is 6.72.